The zero-order valence-corrected chi connectivity index (χ0v) is 11.6. The molecule has 1 saturated carbocycles. The molecule has 1 aromatic rings. The molecule has 1 unspecified atom stereocenters. The van der Waals surface area contributed by atoms with Crippen LogP contribution in [-0.4, -0.2) is 12.7 Å². The van der Waals surface area contributed by atoms with Crippen molar-refractivity contribution in [1.29, 1.82) is 0 Å². The van der Waals surface area contributed by atoms with E-state index in [9.17, 15) is 13.2 Å². The Labute approximate surface area is 116 Å². The van der Waals surface area contributed by atoms with Gasteiger partial charge in [-0.3, -0.25) is 0 Å². The zero-order valence-electron chi connectivity index (χ0n) is 11.6. The molecule has 1 aliphatic rings. The lowest BCUT2D eigenvalue weighted by molar-refractivity contribution is -0.0521. The third-order valence-corrected chi connectivity index (χ3v) is 3.65. The highest BCUT2D eigenvalue weighted by Crippen LogP contribution is 2.39. The fraction of sp³-hybridized carbons (Fsp3) is 0.571. The van der Waals surface area contributed by atoms with Crippen LogP contribution in [0, 0.1) is 11.2 Å². The summed E-state index contributed by atoms with van der Waals surface area (Å²) >= 11 is 0. The first kappa shape index (κ1) is 14.8. The summed E-state index contributed by atoms with van der Waals surface area (Å²) in [6.07, 6.45) is 3.00. The van der Waals surface area contributed by atoms with Crippen molar-refractivity contribution < 1.29 is 17.9 Å². The Morgan fingerprint density at radius 1 is 1.40 bits per heavy atom. The van der Waals surface area contributed by atoms with Crippen LogP contribution in [0.5, 0.6) is 5.75 Å². The van der Waals surface area contributed by atoms with Crippen molar-refractivity contribution in [3.63, 3.8) is 0 Å². The highest BCUT2D eigenvalue weighted by Gasteiger charge is 2.31. The molecule has 3 N–H and O–H groups in total. The van der Waals surface area contributed by atoms with Gasteiger partial charge in [0.05, 0.1) is 11.4 Å². The molecule has 20 heavy (non-hydrogen) atoms. The van der Waals surface area contributed by atoms with Crippen molar-refractivity contribution >= 4 is 11.4 Å². The number of nitrogens with two attached hydrogens (primary N) is 1. The molecule has 6 heteroatoms. The number of alkyl halides is 2. The minimum atomic E-state index is -3.06. The summed E-state index contributed by atoms with van der Waals surface area (Å²) in [6, 6.07) is 2.40. The second-order valence-corrected chi connectivity index (χ2v) is 6.00. The second kappa shape index (κ2) is 5.42. The average molecular weight is 288 g/mol. The number of rotatable bonds is 4. The molecule has 0 aliphatic heterocycles. The van der Waals surface area contributed by atoms with Crippen LogP contribution < -0.4 is 15.8 Å². The topological polar surface area (TPSA) is 47.3 Å². The third kappa shape index (κ3) is 3.49. The molecule has 1 aliphatic carbocycles. The van der Waals surface area contributed by atoms with Crippen molar-refractivity contribution in [3.8, 4) is 5.75 Å². The molecule has 0 radical (unpaired) electrons. The van der Waals surface area contributed by atoms with Crippen molar-refractivity contribution in [1.82, 2.24) is 0 Å². The predicted octanol–water partition coefficient (Wildman–Crippen LogP) is 4.00. The Kier molecular flexibility index (Phi) is 4.01. The predicted molar refractivity (Wildman–Crippen MR) is 72.5 cm³/mol. The number of anilines is 2. The van der Waals surface area contributed by atoms with Gasteiger partial charge in [0, 0.05) is 18.2 Å². The van der Waals surface area contributed by atoms with Gasteiger partial charge in [-0.05, 0) is 24.7 Å². The van der Waals surface area contributed by atoms with Crippen LogP contribution in [0.2, 0.25) is 0 Å². The molecular formula is C14H19F3N2O. The number of ether oxygens (including phenoxy) is 1. The van der Waals surface area contributed by atoms with E-state index in [-0.39, 0.29) is 17.1 Å². The lowest BCUT2D eigenvalue weighted by Crippen LogP contribution is -2.18. The number of hydrogen-bond donors (Lipinski definition) is 2. The largest absolute Gasteiger partial charge is 0.432 e. The second-order valence-electron chi connectivity index (χ2n) is 6.00. The van der Waals surface area contributed by atoms with E-state index in [1.807, 2.05) is 0 Å². The van der Waals surface area contributed by atoms with Gasteiger partial charge >= 0.3 is 6.61 Å². The summed E-state index contributed by atoms with van der Waals surface area (Å²) in [4.78, 5) is 0. The maximum atomic E-state index is 13.5. The molecule has 0 saturated heterocycles. The van der Waals surface area contributed by atoms with E-state index in [0.717, 1.165) is 25.3 Å². The van der Waals surface area contributed by atoms with Gasteiger partial charge < -0.3 is 15.8 Å². The highest BCUT2D eigenvalue weighted by molar-refractivity contribution is 5.69. The molecule has 0 heterocycles. The molecule has 0 aromatic heterocycles. The van der Waals surface area contributed by atoms with E-state index in [4.69, 9.17) is 5.73 Å². The van der Waals surface area contributed by atoms with Crippen molar-refractivity contribution in [2.24, 2.45) is 5.41 Å². The molecule has 0 amide bonds. The standard InChI is InChI=1S/C14H19F3N2O/c1-14(2)4-3-8(7-14)19-11-6-12(20-13(16)17)9(15)5-10(11)18/h5-6,8,13,19H,3-4,7,18H2,1-2H3. The van der Waals surface area contributed by atoms with Gasteiger partial charge in [-0.25, -0.2) is 4.39 Å². The highest BCUT2D eigenvalue weighted by atomic mass is 19.3. The number of nitrogen functional groups attached to an aromatic ring is 1. The number of benzene rings is 1. The summed E-state index contributed by atoms with van der Waals surface area (Å²) in [5, 5.41) is 3.19. The fourth-order valence-corrected chi connectivity index (χ4v) is 2.66. The third-order valence-electron chi connectivity index (χ3n) is 3.65. The van der Waals surface area contributed by atoms with Crippen LogP contribution in [0.3, 0.4) is 0 Å². The van der Waals surface area contributed by atoms with E-state index in [2.05, 4.69) is 23.9 Å². The van der Waals surface area contributed by atoms with Gasteiger partial charge in [-0.1, -0.05) is 13.8 Å². The quantitative estimate of drug-likeness (QED) is 0.823. The Morgan fingerprint density at radius 2 is 2.10 bits per heavy atom. The van der Waals surface area contributed by atoms with Gasteiger partial charge in [-0.15, -0.1) is 0 Å². The number of halogens is 3. The zero-order chi connectivity index (χ0) is 14.9. The minimum Gasteiger partial charge on any atom is -0.432 e. The van der Waals surface area contributed by atoms with E-state index >= 15 is 0 Å². The molecule has 1 atom stereocenters. The first-order valence-corrected chi connectivity index (χ1v) is 6.57. The Morgan fingerprint density at radius 3 is 2.65 bits per heavy atom. The van der Waals surface area contributed by atoms with E-state index in [1.54, 1.807) is 0 Å². The lowest BCUT2D eigenvalue weighted by atomic mass is 9.92. The van der Waals surface area contributed by atoms with Crippen LogP contribution in [0.25, 0.3) is 0 Å². The van der Waals surface area contributed by atoms with Crippen molar-refractivity contribution in [2.75, 3.05) is 11.1 Å². The SMILES string of the molecule is CC1(C)CCC(Nc2cc(OC(F)F)c(F)cc2N)C1. The van der Waals surface area contributed by atoms with Crippen LogP contribution >= 0.6 is 0 Å². The van der Waals surface area contributed by atoms with Gasteiger partial charge in [-0.2, -0.15) is 8.78 Å². The number of nitrogens with one attached hydrogen (secondary N) is 1. The fourth-order valence-electron chi connectivity index (χ4n) is 2.66. The molecule has 0 bridgehead atoms. The molecule has 1 aromatic carbocycles. The molecule has 3 nitrogen and oxygen atoms in total. The first-order chi connectivity index (χ1) is 9.27. The van der Waals surface area contributed by atoms with E-state index in [0.29, 0.717) is 5.69 Å². The maximum absolute atomic E-state index is 13.5. The Hall–Kier alpha value is -1.59. The lowest BCUT2D eigenvalue weighted by Gasteiger charge is -2.20. The van der Waals surface area contributed by atoms with Crippen LogP contribution in [0.4, 0.5) is 24.5 Å². The first-order valence-electron chi connectivity index (χ1n) is 6.57. The van der Waals surface area contributed by atoms with Crippen LogP contribution in [-0.2, 0) is 0 Å². The van der Waals surface area contributed by atoms with Gasteiger partial charge in [0.2, 0.25) is 0 Å². The smallest absolute Gasteiger partial charge is 0.387 e. The Balaban J connectivity index is 2.15. The molecule has 112 valence electrons. The molecule has 0 spiro atoms. The minimum absolute atomic E-state index is 0.189. The summed E-state index contributed by atoms with van der Waals surface area (Å²) in [5.74, 6) is -1.38. The molecular weight excluding hydrogens is 269 g/mol. The average Bonchev–Trinajstić information content (AvgIpc) is 2.64. The summed E-state index contributed by atoms with van der Waals surface area (Å²) in [7, 11) is 0. The monoisotopic (exact) mass is 288 g/mol. The number of hydrogen-bond acceptors (Lipinski definition) is 3. The van der Waals surface area contributed by atoms with Gasteiger partial charge in [0.25, 0.3) is 0 Å². The van der Waals surface area contributed by atoms with E-state index in [1.165, 1.54) is 6.07 Å². The normalized spacial score (nSPS) is 21.2. The van der Waals surface area contributed by atoms with Gasteiger partial charge in [0.1, 0.15) is 0 Å². The molecule has 1 fully saturated rings. The maximum Gasteiger partial charge on any atom is 0.387 e. The summed E-state index contributed by atoms with van der Waals surface area (Å²) in [6.45, 7) is 1.29. The summed E-state index contributed by atoms with van der Waals surface area (Å²) in [5.41, 5.74) is 6.59. The van der Waals surface area contributed by atoms with Crippen molar-refractivity contribution in [3.05, 3.63) is 17.9 Å². The summed E-state index contributed by atoms with van der Waals surface area (Å²) < 4.78 is 42.0. The van der Waals surface area contributed by atoms with Crippen LogP contribution in [0.15, 0.2) is 12.1 Å². The van der Waals surface area contributed by atoms with Crippen molar-refractivity contribution in [2.45, 2.75) is 45.8 Å². The van der Waals surface area contributed by atoms with Gasteiger partial charge in [0.15, 0.2) is 11.6 Å². The van der Waals surface area contributed by atoms with Crippen LogP contribution in [0.1, 0.15) is 33.1 Å². The molecule has 2 rings (SSSR count). The van der Waals surface area contributed by atoms with E-state index < -0.39 is 18.2 Å². The Bertz CT molecular complexity index is 492.